The average molecular weight is 347 g/mol. The zero-order valence-electron chi connectivity index (χ0n) is 14.0. The van der Waals surface area contributed by atoms with E-state index in [0.29, 0.717) is 25.2 Å². The number of carbonyl (C=O) groups excluding carboxylic acids is 2. The highest BCUT2D eigenvalue weighted by molar-refractivity contribution is 7.16. The number of nitrogens with zero attached hydrogens (tertiary/aromatic N) is 2. The van der Waals surface area contributed by atoms with E-state index < -0.39 is 0 Å². The normalized spacial score (nSPS) is 17.9. The molecular weight excluding hydrogens is 324 g/mol. The number of hydrogen-bond donors (Lipinski definition) is 2. The van der Waals surface area contributed by atoms with Crippen molar-refractivity contribution < 1.29 is 14.5 Å². The second kappa shape index (κ2) is 7.32. The van der Waals surface area contributed by atoms with Crippen molar-refractivity contribution in [3.8, 4) is 6.07 Å². The molecule has 0 atom stereocenters. The number of quaternary nitrogens is 1. The number of carbonyl (C=O) groups is 2. The summed E-state index contributed by atoms with van der Waals surface area (Å²) in [6.07, 6.45) is 4.25. The summed E-state index contributed by atoms with van der Waals surface area (Å²) in [7, 11) is 0. The van der Waals surface area contributed by atoms with E-state index in [-0.39, 0.29) is 11.8 Å². The van der Waals surface area contributed by atoms with Crippen molar-refractivity contribution in [2.75, 3.05) is 38.0 Å². The molecule has 0 bridgehead atoms. The molecule has 0 aromatic carbocycles. The topological polar surface area (TPSA) is 77.6 Å². The van der Waals surface area contributed by atoms with Gasteiger partial charge in [0.05, 0.1) is 31.7 Å². The molecule has 24 heavy (non-hydrogen) atoms. The molecule has 1 aromatic heterocycles. The van der Waals surface area contributed by atoms with E-state index in [0.717, 1.165) is 49.3 Å². The van der Waals surface area contributed by atoms with E-state index in [9.17, 15) is 14.9 Å². The van der Waals surface area contributed by atoms with Gasteiger partial charge < -0.3 is 15.1 Å². The Kier molecular flexibility index (Phi) is 5.17. The number of anilines is 1. The third-order valence-electron chi connectivity index (χ3n) is 4.86. The standard InChI is InChI=1S/C17H22N4O2S/c1-12(22)21-8-6-20(7-9-21)11-16(23)19-17-14(10-18)13-4-2-3-5-15(13)24-17/h2-9,11H2,1H3,(H,19,23)/p+1. The van der Waals surface area contributed by atoms with Crippen LogP contribution >= 0.6 is 11.3 Å². The summed E-state index contributed by atoms with van der Waals surface area (Å²) in [6, 6.07) is 2.28. The number of thiophene rings is 1. The third-order valence-corrected chi connectivity index (χ3v) is 6.07. The van der Waals surface area contributed by atoms with Crippen LogP contribution in [0.15, 0.2) is 0 Å². The van der Waals surface area contributed by atoms with Gasteiger partial charge in [-0.1, -0.05) is 0 Å². The molecule has 2 N–H and O–H groups in total. The molecule has 0 radical (unpaired) electrons. The first kappa shape index (κ1) is 16.9. The van der Waals surface area contributed by atoms with Crippen LogP contribution in [0, 0.1) is 11.3 Å². The Morgan fingerprint density at radius 2 is 2.00 bits per heavy atom. The molecule has 7 heteroatoms. The monoisotopic (exact) mass is 347 g/mol. The molecule has 6 nitrogen and oxygen atoms in total. The van der Waals surface area contributed by atoms with Crippen LogP contribution in [0.2, 0.25) is 0 Å². The van der Waals surface area contributed by atoms with Crippen molar-refractivity contribution in [1.82, 2.24) is 4.90 Å². The van der Waals surface area contributed by atoms with Crippen molar-refractivity contribution >= 4 is 28.2 Å². The molecule has 2 amide bonds. The number of nitrogens with one attached hydrogen (secondary N) is 2. The fourth-order valence-corrected chi connectivity index (χ4v) is 4.74. The van der Waals surface area contributed by atoms with Crippen LogP contribution in [0.3, 0.4) is 0 Å². The van der Waals surface area contributed by atoms with Crippen LogP contribution < -0.4 is 10.2 Å². The number of hydrogen-bond acceptors (Lipinski definition) is 4. The van der Waals surface area contributed by atoms with Crippen LogP contribution in [0.5, 0.6) is 0 Å². The molecule has 0 saturated carbocycles. The smallest absolute Gasteiger partial charge is 0.280 e. The first-order valence-electron chi connectivity index (χ1n) is 8.52. The summed E-state index contributed by atoms with van der Waals surface area (Å²) in [4.78, 5) is 28.0. The lowest BCUT2D eigenvalue weighted by Gasteiger charge is -2.31. The van der Waals surface area contributed by atoms with Gasteiger partial charge in [-0.25, -0.2) is 0 Å². The number of rotatable bonds is 3. The molecule has 128 valence electrons. The fourth-order valence-electron chi connectivity index (χ4n) is 3.48. The highest BCUT2D eigenvalue weighted by Crippen LogP contribution is 2.37. The summed E-state index contributed by atoms with van der Waals surface area (Å²) < 4.78 is 0. The lowest BCUT2D eigenvalue weighted by molar-refractivity contribution is -0.895. The van der Waals surface area contributed by atoms with Gasteiger partial charge in [0.25, 0.3) is 5.91 Å². The molecule has 3 rings (SSSR count). The Balaban J connectivity index is 1.59. The molecule has 2 aliphatic rings. The molecule has 0 unspecified atom stereocenters. The van der Waals surface area contributed by atoms with Gasteiger partial charge >= 0.3 is 0 Å². The van der Waals surface area contributed by atoms with Gasteiger partial charge in [-0.05, 0) is 31.2 Å². The van der Waals surface area contributed by atoms with Gasteiger partial charge in [-0.3, -0.25) is 9.59 Å². The quantitative estimate of drug-likeness (QED) is 0.819. The van der Waals surface area contributed by atoms with Crippen molar-refractivity contribution in [1.29, 1.82) is 5.26 Å². The van der Waals surface area contributed by atoms with E-state index in [2.05, 4.69) is 11.4 Å². The van der Waals surface area contributed by atoms with Gasteiger partial charge in [-0.15, -0.1) is 11.3 Å². The van der Waals surface area contributed by atoms with Crippen LogP contribution in [0.1, 0.15) is 35.8 Å². The van der Waals surface area contributed by atoms with Gasteiger partial charge in [0.2, 0.25) is 5.91 Å². The minimum atomic E-state index is -0.0450. The molecule has 1 aliphatic carbocycles. The van der Waals surface area contributed by atoms with Crippen LogP contribution in [-0.2, 0) is 22.4 Å². The lowest BCUT2D eigenvalue weighted by atomic mass is 9.96. The predicted octanol–water partition coefficient (Wildman–Crippen LogP) is 0.184. The van der Waals surface area contributed by atoms with Gasteiger partial charge in [0, 0.05) is 11.8 Å². The average Bonchev–Trinajstić information content (AvgIpc) is 2.92. The first-order chi connectivity index (χ1) is 11.6. The maximum atomic E-state index is 12.4. The van der Waals surface area contributed by atoms with Crippen molar-refractivity contribution in [2.45, 2.75) is 32.6 Å². The summed E-state index contributed by atoms with van der Waals surface area (Å²) in [5.74, 6) is 0.0534. The largest absolute Gasteiger partial charge is 0.332 e. The predicted molar refractivity (Wildman–Crippen MR) is 92.1 cm³/mol. The SMILES string of the molecule is CC(=O)N1CC[NH+](CC(=O)Nc2sc3c(c2C#N)CCCC3)CC1. The zero-order chi connectivity index (χ0) is 17.1. The second-order valence-electron chi connectivity index (χ2n) is 6.51. The highest BCUT2D eigenvalue weighted by atomic mass is 32.1. The summed E-state index contributed by atoms with van der Waals surface area (Å²) in [5, 5.41) is 13.1. The number of piperazine rings is 1. The summed E-state index contributed by atoms with van der Waals surface area (Å²) >= 11 is 1.56. The maximum Gasteiger partial charge on any atom is 0.280 e. The van der Waals surface area contributed by atoms with Crippen molar-refractivity contribution in [2.24, 2.45) is 0 Å². The maximum absolute atomic E-state index is 12.4. The Bertz CT molecular complexity index is 683. The van der Waals surface area contributed by atoms with E-state index in [4.69, 9.17) is 0 Å². The van der Waals surface area contributed by atoms with E-state index in [1.807, 2.05) is 4.90 Å². The number of aryl methyl sites for hydroxylation is 1. The molecule has 1 fully saturated rings. The lowest BCUT2D eigenvalue weighted by Crippen LogP contribution is -3.15. The molecule has 0 spiro atoms. The third kappa shape index (κ3) is 3.60. The molecular formula is C17H23N4O2S+. The zero-order valence-corrected chi connectivity index (χ0v) is 14.8. The Hall–Kier alpha value is -1.91. The van der Waals surface area contributed by atoms with Crippen molar-refractivity contribution in [3.05, 3.63) is 16.0 Å². The fraction of sp³-hybridized carbons (Fsp3) is 0.588. The number of nitriles is 1. The Labute approximate surface area is 146 Å². The number of fused-ring (bicyclic) bond motifs is 1. The van der Waals surface area contributed by atoms with E-state index >= 15 is 0 Å². The van der Waals surface area contributed by atoms with Gasteiger partial charge in [0.1, 0.15) is 11.1 Å². The van der Waals surface area contributed by atoms with E-state index in [1.165, 1.54) is 9.78 Å². The van der Waals surface area contributed by atoms with Crippen LogP contribution in [-0.4, -0.2) is 49.4 Å². The molecule has 2 heterocycles. The molecule has 1 aromatic rings. The Morgan fingerprint density at radius 1 is 1.29 bits per heavy atom. The summed E-state index contributed by atoms with van der Waals surface area (Å²) in [5.41, 5.74) is 1.81. The van der Waals surface area contributed by atoms with Gasteiger partial charge in [0.15, 0.2) is 6.54 Å². The molecule has 1 saturated heterocycles. The molecule has 1 aliphatic heterocycles. The summed E-state index contributed by atoms with van der Waals surface area (Å²) in [6.45, 7) is 4.96. The number of amides is 2. The highest BCUT2D eigenvalue weighted by Gasteiger charge is 2.25. The second-order valence-corrected chi connectivity index (χ2v) is 7.61. The van der Waals surface area contributed by atoms with E-state index in [1.54, 1.807) is 18.3 Å². The van der Waals surface area contributed by atoms with Gasteiger partial charge in [-0.2, -0.15) is 5.26 Å². The minimum Gasteiger partial charge on any atom is -0.332 e. The first-order valence-corrected chi connectivity index (χ1v) is 9.33. The van der Waals surface area contributed by atoms with Crippen molar-refractivity contribution in [3.63, 3.8) is 0 Å². The van der Waals surface area contributed by atoms with Crippen LogP contribution in [0.25, 0.3) is 0 Å². The Morgan fingerprint density at radius 3 is 2.67 bits per heavy atom. The minimum absolute atomic E-state index is 0.0450. The van der Waals surface area contributed by atoms with Crippen LogP contribution in [0.4, 0.5) is 5.00 Å².